The standard InChI is InChI=1S/C15H16N2O/c1-12-9-10-17-15(14(12)16)18-11-5-8-13-6-3-2-4-7-13/h2-10H,11,16H2,1H3/b8-5+. The molecule has 1 aromatic carbocycles. The van der Waals surface area contributed by atoms with Crippen molar-refractivity contribution in [1.29, 1.82) is 0 Å². The summed E-state index contributed by atoms with van der Waals surface area (Å²) in [5.74, 6) is 0.493. The Bertz CT molecular complexity index is 535. The number of hydrogen-bond acceptors (Lipinski definition) is 3. The molecule has 0 radical (unpaired) electrons. The van der Waals surface area contributed by atoms with E-state index in [1.165, 1.54) is 0 Å². The Hall–Kier alpha value is -2.29. The first-order valence-corrected chi connectivity index (χ1v) is 5.83. The SMILES string of the molecule is Cc1ccnc(OC/C=C/c2ccccc2)c1N. The van der Waals surface area contributed by atoms with Crippen LogP contribution in [-0.4, -0.2) is 11.6 Å². The zero-order chi connectivity index (χ0) is 12.8. The monoisotopic (exact) mass is 240 g/mol. The first-order chi connectivity index (χ1) is 8.77. The smallest absolute Gasteiger partial charge is 0.237 e. The number of anilines is 1. The van der Waals surface area contributed by atoms with Crippen LogP contribution >= 0.6 is 0 Å². The fourth-order valence-electron chi connectivity index (χ4n) is 1.54. The van der Waals surface area contributed by atoms with Gasteiger partial charge in [-0.05, 0) is 30.2 Å². The predicted octanol–water partition coefficient (Wildman–Crippen LogP) is 3.06. The molecule has 18 heavy (non-hydrogen) atoms. The summed E-state index contributed by atoms with van der Waals surface area (Å²) in [5.41, 5.74) is 8.59. The summed E-state index contributed by atoms with van der Waals surface area (Å²) in [5, 5.41) is 0. The lowest BCUT2D eigenvalue weighted by Gasteiger charge is -2.06. The molecule has 1 heterocycles. The van der Waals surface area contributed by atoms with E-state index in [4.69, 9.17) is 10.5 Å². The van der Waals surface area contributed by atoms with Crippen LogP contribution in [0.15, 0.2) is 48.7 Å². The van der Waals surface area contributed by atoms with Crippen LogP contribution in [0.3, 0.4) is 0 Å². The topological polar surface area (TPSA) is 48.1 Å². The van der Waals surface area contributed by atoms with Crippen LogP contribution in [-0.2, 0) is 0 Å². The molecule has 0 aliphatic carbocycles. The Balaban J connectivity index is 1.93. The van der Waals surface area contributed by atoms with E-state index in [2.05, 4.69) is 4.98 Å². The van der Waals surface area contributed by atoms with Crippen LogP contribution in [0, 0.1) is 6.92 Å². The highest BCUT2D eigenvalue weighted by atomic mass is 16.5. The second-order valence-corrected chi connectivity index (χ2v) is 3.97. The molecule has 1 aromatic heterocycles. The number of aromatic nitrogens is 1. The van der Waals surface area contributed by atoms with Crippen molar-refractivity contribution in [3.63, 3.8) is 0 Å². The largest absolute Gasteiger partial charge is 0.472 e. The lowest BCUT2D eigenvalue weighted by atomic mass is 10.2. The van der Waals surface area contributed by atoms with Crippen molar-refractivity contribution < 1.29 is 4.74 Å². The summed E-state index contributed by atoms with van der Waals surface area (Å²) in [6.45, 7) is 2.39. The average Bonchev–Trinajstić information content (AvgIpc) is 2.40. The van der Waals surface area contributed by atoms with Crippen molar-refractivity contribution in [2.75, 3.05) is 12.3 Å². The highest BCUT2D eigenvalue weighted by Crippen LogP contribution is 2.20. The van der Waals surface area contributed by atoms with E-state index in [1.54, 1.807) is 6.20 Å². The summed E-state index contributed by atoms with van der Waals surface area (Å²) in [6, 6.07) is 11.9. The van der Waals surface area contributed by atoms with Crippen molar-refractivity contribution >= 4 is 11.8 Å². The van der Waals surface area contributed by atoms with Crippen LogP contribution < -0.4 is 10.5 Å². The van der Waals surface area contributed by atoms with E-state index >= 15 is 0 Å². The first-order valence-electron chi connectivity index (χ1n) is 5.83. The third kappa shape index (κ3) is 3.10. The van der Waals surface area contributed by atoms with E-state index < -0.39 is 0 Å². The lowest BCUT2D eigenvalue weighted by Crippen LogP contribution is -2.01. The maximum Gasteiger partial charge on any atom is 0.237 e. The van der Waals surface area contributed by atoms with Gasteiger partial charge in [0, 0.05) is 6.20 Å². The fourth-order valence-corrected chi connectivity index (χ4v) is 1.54. The Kier molecular flexibility index (Phi) is 3.97. The van der Waals surface area contributed by atoms with E-state index in [-0.39, 0.29) is 0 Å². The van der Waals surface area contributed by atoms with Crippen LogP contribution in [0.5, 0.6) is 5.88 Å². The first kappa shape index (κ1) is 12.2. The Morgan fingerprint density at radius 2 is 2.00 bits per heavy atom. The van der Waals surface area contributed by atoms with Crippen molar-refractivity contribution in [3.05, 3.63) is 59.8 Å². The number of nitrogen functional groups attached to an aromatic ring is 1. The molecule has 0 unspecified atom stereocenters. The number of aryl methyl sites for hydroxylation is 1. The van der Waals surface area contributed by atoms with E-state index in [1.807, 2.05) is 55.5 Å². The molecule has 3 nitrogen and oxygen atoms in total. The molecule has 92 valence electrons. The minimum Gasteiger partial charge on any atom is -0.472 e. The fraction of sp³-hybridized carbons (Fsp3) is 0.133. The molecule has 0 aliphatic rings. The van der Waals surface area contributed by atoms with Crippen molar-refractivity contribution in [1.82, 2.24) is 4.98 Å². The van der Waals surface area contributed by atoms with Gasteiger partial charge in [0.25, 0.3) is 0 Å². The number of benzene rings is 1. The number of nitrogens with zero attached hydrogens (tertiary/aromatic N) is 1. The van der Waals surface area contributed by atoms with Crippen LogP contribution in [0.4, 0.5) is 5.69 Å². The molecule has 0 fully saturated rings. The van der Waals surface area contributed by atoms with Gasteiger partial charge in [-0.2, -0.15) is 0 Å². The van der Waals surface area contributed by atoms with E-state index in [0.717, 1.165) is 11.1 Å². The highest BCUT2D eigenvalue weighted by Gasteiger charge is 2.02. The summed E-state index contributed by atoms with van der Waals surface area (Å²) in [4.78, 5) is 4.10. The third-order valence-corrected chi connectivity index (χ3v) is 2.60. The van der Waals surface area contributed by atoms with E-state index in [0.29, 0.717) is 18.2 Å². The zero-order valence-electron chi connectivity index (χ0n) is 10.3. The Morgan fingerprint density at radius 1 is 1.22 bits per heavy atom. The molecule has 0 atom stereocenters. The van der Waals surface area contributed by atoms with Gasteiger partial charge in [0.15, 0.2) is 0 Å². The minimum absolute atomic E-state index is 0.454. The molecule has 0 amide bonds. The van der Waals surface area contributed by atoms with Crippen molar-refractivity contribution in [2.24, 2.45) is 0 Å². The van der Waals surface area contributed by atoms with Gasteiger partial charge in [-0.1, -0.05) is 36.4 Å². The van der Waals surface area contributed by atoms with Crippen molar-refractivity contribution in [2.45, 2.75) is 6.92 Å². The lowest BCUT2D eigenvalue weighted by molar-refractivity contribution is 0.351. The summed E-state index contributed by atoms with van der Waals surface area (Å²) in [6.07, 6.45) is 5.65. The maximum absolute atomic E-state index is 5.86. The number of hydrogen-bond donors (Lipinski definition) is 1. The molecule has 0 saturated heterocycles. The molecule has 0 bridgehead atoms. The summed E-state index contributed by atoms with van der Waals surface area (Å²) >= 11 is 0. The second kappa shape index (κ2) is 5.87. The molecule has 0 saturated carbocycles. The predicted molar refractivity (Wildman–Crippen MR) is 74.4 cm³/mol. The van der Waals surface area contributed by atoms with Crippen molar-refractivity contribution in [3.8, 4) is 5.88 Å². The average molecular weight is 240 g/mol. The van der Waals surface area contributed by atoms with Gasteiger partial charge in [-0.15, -0.1) is 0 Å². The number of nitrogens with two attached hydrogens (primary N) is 1. The van der Waals surface area contributed by atoms with Gasteiger partial charge in [0.2, 0.25) is 5.88 Å². The summed E-state index contributed by atoms with van der Waals surface area (Å²) in [7, 11) is 0. The quantitative estimate of drug-likeness (QED) is 0.893. The van der Waals surface area contributed by atoms with Gasteiger partial charge in [-0.25, -0.2) is 4.98 Å². The molecule has 3 heteroatoms. The minimum atomic E-state index is 0.454. The molecule has 0 aliphatic heterocycles. The highest BCUT2D eigenvalue weighted by molar-refractivity contribution is 5.54. The summed E-state index contributed by atoms with van der Waals surface area (Å²) < 4.78 is 5.52. The third-order valence-electron chi connectivity index (χ3n) is 2.60. The van der Waals surface area contributed by atoms with Gasteiger partial charge < -0.3 is 10.5 Å². The van der Waals surface area contributed by atoms with Gasteiger partial charge >= 0.3 is 0 Å². The van der Waals surface area contributed by atoms with Crippen LogP contribution in [0.2, 0.25) is 0 Å². The molecule has 2 N–H and O–H groups in total. The van der Waals surface area contributed by atoms with Gasteiger partial charge in [0.05, 0.1) is 5.69 Å². The molecular formula is C15H16N2O. The zero-order valence-corrected chi connectivity index (χ0v) is 10.3. The molecule has 2 rings (SSSR count). The second-order valence-electron chi connectivity index (χ2n) is 3.97. The molecule has 0 spiro atoms. The van der Waals surface area contributed by atoms with Gasteiger partial charge in [-0.3, -0.25) is 0 Å². The number of rotatable bonds is 4. The normalized spacial score (nSPS) is 10.7. The maximum atomic E-state index is 5.86. The Morgan fingerprint density at radius 3 is 2.78 bits per heavy atom. The molecule has 2 aromatic rings. The van der Waals surface area contributed by atoms with Crippen LogP contribution in [0.25, 0.3) is 6.08 Å². The Labute approximate surface area is 107 Å². The molecular weight excluding hydrogens is 224 g/mol. The number of pyridine rings is 1. The number of ether oxygens (including phenoxy) is 1. The van der Waals surface area contributed by atoms with Gasteiger partial charge in [0.1, 0.15) is 6.61 Å². The van der Waals surface area contributed by atoms with Crippen LogP contribution in [0.1, 0.15) is 11.1 Å². The van der Waals surface area contributed by atoms with E-state index in [9.17, 15) is 0 Å².